The van der Waals surface area contributed by atoms with E-state index in [1.54, 1.807) is 0 Å². The Kier molecular flexibility index (Phi) is 18.5. The number of ether oxygens (including phenoxy) is 2. The van der Waals surface area contributed by atoms with Gasteiger partial charge in [-0.3, -0.25) is 0 Å². The Morgan fingerprint density at radius 2 is 1.40 bits per heavy atom. The molecule has 0 aromatic carbocycles. The van der Waals surface area contributed by atoms with E-state index < -0.39 is 6.29 Å². The van der Waals surface area contributed by atoms with Gasteiger partial charge in [0.15, 0.2) is 6.29 Å². The van der Waals surface area contributed by atoms with Gasteiger partial charge >= 0.3 is 0 Å². The molecule has 4 N–H and O–H groups in total. The van der Waals surface area contributed by atoms with Crippen LogP contribution in [-0.2, 0) is 9.47 Å². The van der Waals surface area contributed by atoms with Crippen molar-refractivity contribution < 1.29 is 29.9 Å². The first kappa shape index (κ1) is 17.2. The molecule has 1 unspecified atom stereocenters. The highest BCUT2D eigenvalue weighted by atomic mass is 16.6. The van der Waals surface area contributed by atoms with E-state index in [9.17, 15) is 0 Å². The zero-order valence-corrected chi connectivity index (χ0v) is 9.13. The fourth-order valence-electron chi connectivity index (χ4n) is 0.538. The summed E-state index contributed by atoms with van der Waals surface area (Å²) in [4.78, 5) is 0. The molecule has 0 aliphatic carbocycles. The molecule has 0 fully saturated rings. The monoisotopic (exact) mass is 226 g/mol. The first-order chi connectivity index (χ1) is 7.22. The fraction of sp³-hybridized carbons (Fsp3) is 1.00. The lowest BCUT2D eigenvalue weighted by atomic mass is 10.5. The minimum absolute atomic E-state index is 0.0278. The molecular weight excluding hydrogens is 204 g/mol. The first-order valence-electron chi connectivity index (χ1n) is 4.92. The smallest absolute Gasteiger partial charge is 0.154 e. The van der Waals surface area contributed by atoms with Crippen molar-refractivity contribution in [1.29, 1.82) is 0 Å². The van der Waals surface area contributed by atoms with Gasteiger partial charge < -0.3 is 29.9 Å². The summed E-state index contributed by atoms with van der Waals surface area (Å²) in [6, 6.07) is 0. The predicted octanol–water partition coefficient (Wildman–Crippen LogP) is -1.29. The second-order valence-corrected chi connectivity index (χ2v) is 2.52. The Hall–Kier alpha value is -0.240. The van der Waals surface area contributed by atoms with Crippen molar-refractivity contribution in [3.63, 3.8) is 0 Å². The third-order valence-electron chi connectivity index (χ3n) is 1.22. The predicted molar refractivity (Wildman–Crippen MR) is 54.3 cm³/mol. The minimum Gasteiger partial charge on any atom is -0.394 e. The van der Waals surface area contributed by atoms with E-state index in [4.69, 9.17) is 20.4 Å². The normalized spacial score (nSPS) is 11.8. The van der Waals surface area contributed by atoms with Crippen LogP contribution < -0.4 is 0 Å². The summed E-state index contributed by atoms with van der Waals surface area (Å²) < 4.78 is 9.28. The fourth-order valence-corrected chi connectivity index (χ4v) is 0.538. The van der Waals surface area contributed by atoms with Crippen molar-refractivity contribution in [2.45, 2.75) is 19.6 Å². The van der Waals surface area contributed by atoms with Crippen LogP contribution in [0.2, 0.25) is 0 Å². The zero-order valence-electron chi connectivity index (χ0n) is 9.13. The van der Waals surface area contributed by atoms with Gasteiger partial charge in [-0.2, -0.15) is 0 Å². The van der Waals surface area contributed by atoms with Crippen molar-refractivity contribution in [1.82, 2.24) is 0 Å². The topological polar surface area (TPSA) is 99.4 Å². The first-order valence-corrected chi connectivity index (χ1v) is 4.92. The molecule has 0 amide bonds. The molecule has 1 atom stereocenters. The van der Waals surface area contributed by atoms with Crippen molar-refractivity contribution in [2.24, 2.45) is 0 Å². The molecule has 0 aromatic heterocycles. The number of hydrogen-bond acceptors (Lipinski definition) is 6. The quantitative estimate of drug-likeness (QED) is 0.304. The van der Waals surface area contributed by atoms with Gasteiger partial charge in [0.1, 0.15) is 0 Å². The molecule has 0 aliphatic rings. The SMILES string of the molecule is CCC(O)OCCO.OCCOCCO. The van der Waals surface area contributed by atoms with Crippen molar-refractivity contribution in [3.8, 4) is 0 Å². The van der Waals surface area contributed by atoms with E-state index in [2.05, 4.69) is 9.47 Å². The van der Waals surface area contributed by atoms with Crippen LogP contribution in [-0.4, -0.2) is 66.4 Å². The third kappa shape index (κ3) is 20.0. The molecule has 0 saturated heterocycles. The van der Waals surface area contributed by atoms with Gasteiger partial charge in [-0.25, -0.2) is 0 Å². The summed E-state index contributed by atoms with van der Waals surface area (Å²) in [6.45, 7) is 2.69. The van der Waals surface area contributed by atoms with E-state index in [1.807, 2.05) is 6.92 Å². The van der Waals surface area contributed by atoms with Gasteiger partial charge in [0.25, 0.3) is 0 Å². The molecule has 0 saturated carbocycles. The molecular formula is C9H22O6. The van der Waals surface area contributed by atoms with Crippen LogP contribution in [0.3, 0.4) is 0 Å². The largest absolute Gasteiger partial charge is 0.394 e. The molecule has 0 heterocycles. The van der Waals surface area contributed by atoms with Crippen LogP contribution in [0.25, 0.3) is 0 Å². The Morgan fingerprint density at radius 1 is 0.933 bits per heavy atom. The standard InChI is InChI=1S/C5H12O3.C4H10O3/c1-2-5(7)8-4-3-6;5-1-3-7-4-2-6/h5-7H,2-4H2,1H3;5-6H,1-4H2. The molecule has 0 aromatic rings. The van der Waals surface area contributed by atoms with Gasteiger partial charge in [0.05, 0.1) is 39.6 Å². The van der Waals surface area contributed by atoms with Crippen molar-refractivity contribution >= 4 is 0 Å². The van der Waals surface area contributed by atoms with E-state index in [-0.39, 0.29) is 26.4 Å². The van der Waals surface area contributed by atoms with Gasteiger partial charge in [-0.1, -0.05) is 6.92 Å². The molecule has 0 bridgehead atoms. The highest BCUT2D eigenvalue weighted by Gasteiger charge is 1.96. The number of rotatable bonds is 8. The maximum absolute atomic E-state index is 8.66. The summed E-state index contributed by atoms with van der Waals surface area (Å²) >= 11 is 0. The maximum Gasteiger partial charge on any atom is 0.154 e. The highest BCUT2D eigenvalue weighted by molar-refractivity contribution is 4.32. The van der Waals surface area contributed by atoms with Crippen LogP contribution >= 0.6 is 0 Å². The second-order valence-electron chi connectivity index (χ2n) is 2.52. The molecule has 0 radical (unpaired) electrons. The lowest BCUT2D eigenvalue weighted by molar-refractivity contribution is -0.107. The lowest BCUT2D eigenvalue weighted by Gasteiger charge is -2.06. The maximum atomic E-state index is 8.66. The zero-order chi connectivity index (χ0) is 11.9. The molecule has 0 spiro atoms. The molecule has 0 aliphatic heterocycles. The molecule has 6 heteroatoms. The van der Waals surface area contributed by atoms with Crippen molar-refractivity contribution in [2.75, 3.05) is 39.6 Å². The van der Waals surface area contributed by atoms with Crippen LogP contribution in [0, 0.1) is 0 Å². The lowest BCUT2D eigenvalue weighted by Crippen LogP contribution is -2.12. The van der Waals surface area contributed by atoms with Crippen LogP contribution in [0.1, 0.15) is 13.3 Å². The summed E-state index contributed by atoms with van der Waals surface area (Å²) in [6.07, 6.45) is -0.137. The van der Waals surface area contributed by atoms with Crippen LogP contribution in [0.5, 0.6) is 0 Å². The number of hydrogen-bond donors (Lipinski definition) is 4. The Bertz CT molecular complexity index is 96.6. The Labute approximate surface area is 90.1 Å². The minimum atomic E-state index is -0.706. The van der Waals surface area contributed by atoms with E-state index >= 15 is 0 Å². The average Bonchev–Trinajstić information content (AvgIpc) is 2.27. The van der Waals surface area contributed by atoms with Gasteiger partial charge in [-0.15, -0.1) is 0 Å². The van der Waals surface area contributed by atoms with E-state index in [1.165, 1.54) is 0 Å². The summed E-state index contributed by atoms with van der Waals surface area (Å²) in [7, 11) is 0. The van der Waals surface area contributed by atoms with Crippen LogP contribution in [0.15, 0.2) is 0 Å². The number of aliphatic hydroxyl groups excluding tert-OH is 4. The van der Waals surface area contributed by atoms with Crippen LogP contribution in [0.4, 0.5) is 0 Å². The Morgan fingerprint density at radius 3 is 1.73 bits per heavy atom. The summed E-state index contributed by atoms with van der Waals surface area (Å²) in [5.74, 6) is 0. The van der Waals surface area contributed by atoms with Gasteiger partial charge in [0, 0.05) is 0 Å². The highest BCUT2D eigenvalue weighted by Crippen LogP contribution is 1.89. The average molecular weight is 226 g/mol. The molecule has 94 valence electrons. The molecule has 0 rings (SSSR count). The number of aliphatic hydroxyl groups is 4. The second kappa shape index (κ2) is 16.2. The van der Waals surface area contributed by atoms with Gasteiger partial charge in [0.2, 0.25) is 0 Å². The molecule has 6 nitrogen and oxygen atoms in total. The van der Waals surface area contributed by atoms with Crippen molar-refractivity contribution in [3.05, 3.63) is 0 Å². The van der Waals surface area contributed by atoms with Gasteiger partial charge in [-0.05, 0) is 6.42 Å². The third-order valence-corrected chi connectivity index (χ3v) is 1.22. The molecule has 15 heavy (non-hydrogen) atoms. The summed E-state index contributed by atoms with van der Waals surface area (Å²) in [5, 5.41) is 33.0. The van der Waals surface area contributed by atoms with E-state index in [0.29, 0.717) is 19.6 Å². The summed E-state index contributed by atoms with van der Waals surface area (Å²) in [5.41, 5.74) is 0. The van der Waals surface area contributed by atoms with E-state index in [0.717, 1.165) is 0 Å². The Balaban J connectivity index is 0.